The second kappa shape index (κ2) is 10.3. The minimum Gasteiger partial charge on any atom is -0.480 e. The Balaban J connectivity index is 0.000000913. The van der Waals surface area contributed by atoms with Gasteiger partial charge in [0.05, 0.1) is 24.9 Å². The summed E-state index contributed by atoms with van der Waals surface area (Å²) in [6.45, 7) is 3.86. The van der Waals surface area contributed by atoms with Crippen LogP contribution in [0, 0.1) is 13.8 Å². The zero-order valence-corrected chi connectivity index (χ0v) is 18.3. The molecule has 0 spiro atoms. The van der Waals surface area contributed by atoms with E-state index in [-0.39, 0.29) is 5.91 Å². The van der Waals surface area contributed by atoms with Crippen LogP contribution in [-0.4, -0.2) is 31.4 Å². The summed E-state index contributed by atoms with van der Waals surface area (Å²) < 4.78 is 33.3. The fraction of sp³-hybridized carbons (Fsp3) is 0.136. The molecule has 0 unspecified atom stereocenters. The van der Waals surface area contributed by atoms with E-state index in [1.54, 1.807) is 12.1 Å². The summed E-state index contributed by atoms with van der Waals surface area (Å²) in [6.07, 6.45) is 2.86. The van der Waals surface area contributed by atoms with Gasteiger partial charge in [-0.15, -0.1) is 0 Å². The predicted molar refractivity (Wildman–Crippen MR) is 118 cm³/mol. The van der Waals surface area contributed by atoms with Gasteiger partial charge in [0.15, 0.2) is 5.82 Å². The van der Waals surface area contributed by atoms with E-state index in [0.29, 0.717) is 34.3 Å². The number of aryl methyl sites for hydroxylation is 2. The van der Waals surface area contributed by atoms with Crippen LogP contribution in [0.3, 0.4) is 0 Å². The first-order valence-electron chi connectivity index (χ1n) is 9.31. The first-order chi connectivity index (χ1) is 15.4. The highest BCUT2D eigenvalue weighted by Crippen LogP contribution is 2.34. The fourth-order valence-corrected chi connectivity index (χ4v) is 2.86. The summed E-state index contributed by atoms with van der Waals surface area (Å²) in [5.41, 5.74) is 2.08. The minimum atomic E-state index is -0.750. The van der Waals surface area contributed by atoms with Crippen LogP contribution in [0.5, 0.6) is 17.4 Å². The number of hydrogen-bond donors (Lipinski definition) is 1. The Hall–Kier alpha value is -4.05. The van der Waals surface area contributed by atoms with E-state index in [9.17, 15) is 4.79 Å². The molecule has 0 saturated carbocycles. The molecule has 32 heavy (non-hydrogen) atoms. The molecule has 9 nitrogen and oxygen atoms in total. The Kier molecular flexibility index (Phi) is 7.29. The number of ether oxygens (including phenoxy) is 2. The van der Waals surface area contributed by atoms with Crippen LogP contribution in [-0.2, 0) is 11.6 Å². The van der Waals surface area contributed by atoms with Crippen molar-refractivity contribution in [2.24, 2.45) is 0 Å². The van der Waals surface area contributed by atoms with Crippen LogP contribution in [0.15, 0.2) is 59.3 Å². The molecule has 0 saturated heterocycles. The molecule has 2 aromatic heterocycles. The zero-order chi connectivity index (χ0) is 23.1. The molecule has 0 fully saturated rings. The summed E-state index contributed by atoms with van der Waals surface area (Å²) in [4.78, 5) is 20.9. The lowest BCUT2D eigenvalue weighted by Crippen LogP contribution is -2.13. The van der Waals surface area contributed by atoms with Crippen molar-refractivity contribution in [1.82, 2.24) is 9.97 Å². The van der Waals surface area contributed by atoms with Crippen molar-refractivity contribution in [2.45, 2.75) is 13.8 Å². The van der Waals surface area contributed by atoms with E-state index >= 15 is 0 Å². The number of furan rings is 1. The number of rotatable bonds is 5. The first kappa shape index (κ1) is 22.6. The second-order valence-corrected chi connectivity index (χ2v) is 6.76. The topological polar surface area (TPSA) is 121 Å². The number of nitrogens with one attached hydrogen (secondary N) is 1. The van der Waals surface area contributed by atoms with E-state index in [1.165, 1.54) is 19.5 Å². The minimum absolute atomic E-state index is 0.313. The number of carbonyl (C=O) groups excluding carboxylic acids is 1. The predicted octanol–water partition coefficient (Wildman–Crippen LogP) is 4.22. The number of carbonyl (C=O) groups is 1. The number of nitrogens with zero attached hydrogens (tertiary/aromatic N) is 2. The van der Waals surface area contributed by atoms with Crippen molar-refractivity contribution in [3.8, 4) is 17.4 Å². The highest BCUT2D eigenvalue weighted by Gasteiger charge is 2.16. The monoisotopic (exact) mass is 453 g/mol. The van der Waals surface area contributed by atoms with Crippen molar-refractivity contribution in [3.05, 3.63) is 71.7 Å². The molecule has 10 heteroatoms. The Labute approximate surface area is 187 Å². The Morgan fingerprint density at radius 3 is 2.38 bits per heavy atom. The molecular weight excluding hydrogens is 434 g/mol. The standard InChI is InChI=1S/C22H19N3O4.O2S/c1-13-4-6-16(7-5-13)29-19-10-15(9-18-17(19)8-14(2)28-18)22(26)25-20-11-24-21(27-3)12-23-20;1-3-2/h4-12H,1-3H3,(H,23,25,26);. The number of anilines is 1. The average molecular weight is 453 g/mol. The smallest absolute Gasteiger partial charge is 0.335 e. The molecule has 0 bridgehead atoms. The third kappa shape index (κ3) is 5.55. The third-order valence-electron chi connectivity index (χ3n) is 4.31. The van der Waals surface area contributed by atoms with Crippen molar-refractivity contribution in [2.75, 3.05) is 12.4 Å². The molecule has 1 amide bonds. The molecule has 0 aliphatic heterocycles. The molecule has 0 aliphatic carbocycles. The number of amides is 1. The Morgan fingerprint density at radius 2 is 1.75 bits per heavy atom. The van der Waals surface area contributed by atoms with Gasteiger partial charge >= 0.3 is 11.6 Å². The summed E-state index contributed by atoms with van der Waals surface area (Å²) in [5, 5.41) is 3.51. The molecule has 0 atom stereocenters. The van der Waals surface area contributed by atoms with Gasteiger partial charge in [-0.3, -0.25) is 4.79 Å². The lowest BCUT2D eigenvalue weighted by atomic mass is 10.1. The fourth-order valence-electron chi connectivity index (χ4n) is 2.86. The number of aromatic nitrogens is 2. The van der Waals surface area contributed by atoms with Crippen LogP contribution in [0.4, 0.5) is 5.82 Å². The first-order valence-corrected chi connectivity index (χ1v) is 9.98. The lowest BCUT2D eigenvalue weighted by molar-refractivity contribution is 0.102. The highest BCUT2D eigenvalue weighted by molar-refractivity contribution is 7.51. The number of methoxy groups -OCH3 is 1. The van der Waals surface area contributed by atoms with E-state index in [4.69, 9.17) is 22.3 Å². The lowest BCUT2D eigenvalue weighted by Gasteiger charge is -2.10. The largest absolute Gasteiger partial charge is 0.480 e. The van der Waals surface area contributed by atoms with E-state index in [0.717, 1.165) is 16.7 Å². The maximum Gasteiger partial charge on any atom is 0.335 e. The Bertz CT molecular complexity index is 1260. The van der Waals surface area contributed by atoms with Gasteiger partial charge in [-0.1, -0.05) is 17.7 Å². The van der Waals surface area contributed by atoms with Crippen molar-refractivity contribution >= 4 is 34.3 Å². The second-order valence-electron chi connectivity index (χ2n) is 6.62. The van der Waals surface area contributed by atoms with E-state index < -0.39 is 11.6 Å². The third-order valence-corrected chi connectivity index (χ3v) is 4.31. The molecule has 4 aromatic rings. The molecule has 1 N–H and O–H groups in total. The summed E-state index contributed by atoms with van der Waals surface area (Å²) in [6, 6.07) is 12.9. The molecule has 2 heterocycles. The van der Waals surface area contributed by atoms with Gasteiger partial charge in [0.25, 0.3) is 5.91 Å². The molecule has 164 valence electrons. The summed E-state index contributed by atoms with van der Waals surface area (Å²) in [7, 11) is 1.50. The Morgan fingerprint density at radius 1 is 1.03 bits per heavy atom. The van der Waals surface area contributed by atoms with Gasteiger partial charge in [0.1, 0.15) is 22.8 Å². The van der Waals surface area contributed by atoms with Gasteiger partial charge in [-0.2, -0.15) is 8.42 Å². The number of fused-ring (bicyclic) bond motifs is 1. The van der Waals surface area contributed by atoms with Crippen molar-refractivity contribution in [1.29, 1.82) is 0 Å². The van der Waals surface area contributed by atoms with Crippen molar-refractivity contribution in [3.63, 3.8) is 0 Å². The molecular formula is C22H19N3O6S. The van der Waals surface area contributed by atoms with Gasteiger partial charge in [-0.25, -0.2) is 9.97 Å². The van der Waals surface area contributed by atoms with Gasteiger partial charge in [0.2, 0.25) is 5.88 Å². The highest BCUT2D eigenvalue weighted by atomic mass is 32.1. The molecule has 4 rings (SSSR count). The maximum absolute atomic E-state index is 12.8. The molecule has 0 radical (unpaired) electrons. The normalized spacial score (nSPS) is 10.1. The van der Waals surface area contributed by atoms with E-state index in [2.05, 4.69) is 15.3 Å². The van der Waals surface area contributed by atoms with Crippen LogP contribution >= 0.6 is 0 Å². The van der Waals surface area contributed by atoms with Crippen molar-refractivity contribution < 1.29 is 27.1 Å². The molecule has 2 aromatic carbocycles. The van der Waals surface area contributed by atoms with Crippen LogP contribution in [0.1, 0.15) is 21.7 Å². The molecule has 0 aliphatic rings. The number of hydrogen-bond acceptors (Lipinski definition) is 8. The van der Waals surface area contributed by atoms with Gasteiger partial charge in [0, 0.05) is 5.56 Å². The quantitative estimate of drug-likeness (QED) is 0.477. The summed E-state index contributed by atoms with van der Waals surface area (Å²) >= 11 is -0.750. The van der Waals surface area contributed by atoms with Gasteiger partial charge in [-0.05, 0) is 44.2 Å². The van der Waals surface area contributed by atoms with Gasteiger partial charge < -0.3 is 19.2 Å². The summed E-state index contributed by atoms with van der Waals surface area (Å²) in [5.74, 6) is 2.27. The SMILES string of the molecule is COc1cnc(NC(=O)c2cc(Oc3ccc(C)cc3)c3cc(C)oc3c2)cn1.O=S=O. The number of benzene rings is 2. The van der Waals surface area contributed by atoms with Crippen LogP contribution < -0.4 is 14.8 Å². The van der Waals surface area contributed by atoms with Crippen LogP contribution in [0.2, 0.25) is 0 Å². The van der Waals surface area contributed by atoms with Crippen LogP contribution in [0.25, 0.3) is 11.0 Å². The average Bonchev–Trinajstić information content (AvgIpc) is 3.17. The zero-order valence-electron chi connectivity index (χ0n) is 17.4. The maximum atomic E-state index is 12.8. The van der Waals surface area contributed by atoms with E-state index in [1.807, 2.05) is 44.2 Å².